The Labute approximate surface area is 172 Å². The zero-order valence-electron chi connectivity index (χ0n) is 14.6. The molecule has 3 rings (SSSR count). The second kappa shape index (κ2) is 8.89. The molecule has 0 saturated carbocycles. The first-order chi connectivity index (χ1) is 13.0. The van der Waals surface area contributed by atoms with Crippen LogP contribution in [0.5, 0.6) is 0 Å². The first-order valence-corrected chi connectivity index (χ1v) is 10.2. The Morgan fingerprint density at radius 1 is 1.37 bits per heavy atom. The van der Waals surface area contributed by atoms with Gasteiger partial charge >= 0.3 is 5.97 Å². The standard InChI is InChI=1S/C20H21BrN2O3S/c21-14-4-6-15-13(9-14)3-5-16(15)17(11-27)19(24)23-18(20(25)26)8-12-2-1-7-22-10-12/h1-2,4,6-7,9-10,16-18,27H,3,5,8,11H2,(H,23,24)(H,25,26)/t16?,17?,18-/m0/s1. The molecule has 1 aromatic heterocycles. The van der Waals surface area contributed by atoms with E-state index in [0.717, 1.165) is 28.4 Å². The van der Waals surface area contributed by atoms with Crippen LogP contribution in [0.25, 0.3) is 0 Å². The van der Waals surface area contributed by atoms with Crippen LogP contribution >= 0.6 is 28.6 Å². The third kappa shape index (κ3) is 4.71. The quantitative estimate of drug-likeness (QED) is 0.568. The van der Waals surface area contributed by atoms with Gasteiger partial charge in [0, 0.05) is 29.0 Å². The van der Waals surface area contributed by atoms with Crippen molar-refractivity contribution in [2.24, 2.45) is 5.92 Å². The van der Waals surface area contributed by atoms with E-state index in [4.69, 9.17) is 0 Å². The number of aromatic nitrogens is 1. The number of carbonyl (C=O) groups is 2. The number of halogens is 1. The number of benzene rings is 1. The molecule has 1 amide bonds. The van der Waals surface area contributed by atoms with Crippen LogP contribution < -0.4 is 5.32 Å². The average Bonchev–Trinajstić information content (AvgIpc) is 3.05. The SMILES string of the molecule is O=C(N[C@@H](Cc1cccnc1)C(=O)O)C(CS)C1CCc2cc(Br)ccc21. The molecule has 5 nitrogen and oxygen atoms in total. The molecule has 3 atom stereocenters. The second-order valence-corrected chi connectivity index (χ2v) is 8.02. The van der Waals surface area contributed by atoms with E-state index in [2.05, 4.69) is 44.9 Å². The number of carboxylic acid groups (broad SMARTS) is 1. The molecule has 2 aromatic rings. The maximum absolute atomic E-state index is 12.9. The number of thiol groups is 1. The van der Waals surface area contributed by atoms with E-state index in [1.807, 2.05) is 12.1 Å². The Kier molecular flexibility index (Phi) is 6.55. The Morgan fingerprint density at radius 3 is 2.85 bits per heavy atom. The summed E-state index contributed by atoms with van der Waals surface area (Å²) in [4.78, 5) is 28.5. The van der Waals surface area contributed by atoms with E-state index in [9.17, 15) is 14.7 Å². The van der Waals surface area contributed by atoms with E-state index < -0.39 is 12.0 Å². The van der Waals surface area contributed by atoms with E-state index in [1.54, 1.807) is 24.5 Å². The highest BCUT2D eigenvalue weighted by Gasteiger charge is 2.35. The molecule has 1 aromatic carbocycles. The van der Waals surface area contributed by atoms with Gasteiger partial charge < -0.3 is 10.4 Å². The highest BCUT2D eigenvalue weighted by molar-refractivity contribution is 9.10. The number of carboxylic acids is 1. The minimum Gasteiger partial charge on any atom is -0.480 e. The van der Waals surface area contributed by atoms with E-state index in [0.29, 0.717) is 5.75 Å². The molecule has 0 spiro atoms. The Bertz CT molecular complexity index is 831. The van der Waals surface area contributed by atoms with Gasteiger partial charge in [0.1, 0.15) is 6.04 Å². The third-order valence-corrected chi connectivity index (χ3v) is 5.91. The van der Waals surface area contributed by atoms with Gasteiger partial charge in [-0.15, -0.1) is 0 Å². The molecule has 2 unspecified atom stereocenters. The van der Waals surface area contributed by atoms with E-state index >= 15 is 0 Å². The van der Waals surface area contributed by atoms with Crippen LogP contribution in [0.15, 0.2) is 47.2 Å². The number of fused-ring (bicyclic) bond motifs is 1. The van der Waals surface area contributed by atoms with Crippen molar-refractivity contribution in [3.05, 3.63) is 63.9 Å². The van der Waals surface area contributed by atoms with Crippen LogP contribution in [-0.2, 0) is 22.4 Å². The summed E-state index contributed by atoms with van der Waals surface area (Å²) in [5, 5.41) is 12.2. The number of hydrogen-bond donors (Lipinski definition) is 3. The summed E-state index contributed by atoms with van der Waals surface area (Å²) < 4.78 is 1.02. The largest absolute Gasteiger partial charge is 0.480 e. The Hall–Kier alpha value is -1.86. The van der Waals surface area contributed by atoms with Crippen LogP contribution in [0.3, 0.4) is 0 Å². The van der Waals surface area contributed by atoms with Gasteiger partial charge in [0.2, 0.25) is 5.91 Å². The summed E-state index contributed by atoms with van der Waals surface area (Å²) in [5.41, 5.74) is 3.16. The van der Waals surface area contributed by atoms with Crippen LogP contribution in [-0.4, -0.2) is 33.8 Å². The molecule has 142 valence electrons. The number of aryl methyl sites for hydroxylation is 1. The predicted octanol–water partition coefficient (Wildman–Crippen LogP) is 3.23. The maximum atomic E-state index is 12.9. The molecule has 1 heterocycles. The first kappa shape index (κ1) is 19.9. The van der Waals surface area contributed by atoms with Gasteiger partial charge in [-0.05, 0) is 53.6 Å². The number of pyridine rings is 1. The lowest BCUT2D eigenvalue weighted by molar-refractivity contribution is -0.142. The molecule has 27 heavy (non-hydrogen) atoms. The molecule has 0 bridgehead atoms. The van der Waals surface area contributed by atoms with Gasteiger partial charge in [-0.1, -0.05) is 28.1 Å². The van der Waals surface area contributed by atoms with Crippen molar-refractivity contribution >= 4 is 40.4 Å². The molecular formula is C20H21BrN2O3S. The number of nitrogens with zero attached hydrogens (tertiary/aromatic N) is 1. The van der Waals surface area contributed by atoms with Crippen LogP contribution in [0.1, 0.15) is 29.0 Å². The zero-order chi connectivity index (χ0) is 19.4. The summed E-state index contributed by atoms with van der Waals surface area (Å²) in [7, 11) is 0. The van der Waals surface area contributed by atoms with Crippen molar-refractivity contribution in [2.45, 2.75) is 31.2 Å². The Morgan fingerprint density at radius 2 is 2.19 bits per heavy atom. The van der Waals surface area contributed by atoms with Gasteiger partial charge in [0.15, 0.2) is 0 Å². The van der Waals surface area contributed by atoms with Crippen LogP contribution in [0.2, 0.25) is 0 Å². The smallest absolute Gasteiger partial charge is 0.326 e. The van der Waals surface area contributed by atoms with Crippen molar-refractivity contribution in [1.82, 2.24) is 10.3 Å². The fourth-order valence-corrected chi connectivity index (χ4v) is 4.49. The molecule has 0 radical (unpaired) electrons. The number of carbonyl (C=O) groups excluding carboxylic acids is 1. The number of nitrogens with one attached hydrogen (secondary N) is 1. The lowest BCUT2D eigenvalue weighted by Crippen LogP contribution is -2.46. The first-order valence-electron chi connectivity index (χ1n) is 8.81. The summed E-state index contributed by atoms with van der Waals surface area (Å²) in [5.74, 6) is -1.27. The predicted molar refractivity (Wildman–Crippen MR) is 110 cm³/mol. The minimum absolute atomic E-state index is 0.0541. The number of rotatable bonds is 7. The molecule has 0 fully saturated rings. The van der Waals surface area contributed by atoms with Crippen molar-refractivity contribution in [1.29, 1.82) is 0 Å². The van der Waals surface area contributed by atoms with Gasteiger partial charge in [0.05, 0.1) is 5.92 Å². The van der Waals surface area contributed by atoms with Gasteiger partial charge in [0.25, 0.3) is 0 Å². The molecule has 7 heteroatoms. The molecule has 0 saturated heterocycles. The van der Waals surface area contributed by atoms with Crippen molar-refractivity contribution in [3.63, 3.8) is 0 Å². The lowest BCUT2D eigenvalue weighted by Gasteiger charge is -2.24. The second-order valence-electron chi connectivity index (χ2n) is 6.74. The Balaban J connectivity index is 1.74. The number of amides is 1. The normalized spacial score (nSPS) is 17.8. The van der Waals surface area contributed by atoms with Crippen LogP contribution in [0, 0.1) is 5.92 Å². The molecular weight excluding hydrogens is 428 g/mol. The summed E-state index contributed by atoms with van der Waals surface area (Å²) in [6.07, 6.45) is 5.22. The van der Waals surface area contributed by atoms with Crippen molar-refractivity contribution in [3.8, 4) is 0 Å². The minimum atomic E-state index is -1.05. The maximum Gasteiger partial charge on any atom is 0.326 e. The molecule has 0 aliphatic heterocycles. The summed E-state index contributed by atoms with van der Waals surface area (Å²) in [6, 6.07) is 8.68. The zero-order valence-corrected chi connectivity index (χ0v) is 17.1. The average molecular weight is 449 g/mol. The monoisotopic (exact) mass is 448 g/mol. The van der Waals surface area contributed by atoms with Gasteiger partial charge in [-0.25, -0.2) is 4.79 Å². The highest BCUT2D eigenvalue weighted by Crippen LogP contribution is 2.40. The summed E-state index contributed by atoms with van der Waals surface area (Å²) in [6.45, 7) is 0. The van der Waals surface area contributed by atoms with E-state index in [-0.39, 0.29) is 24.2 Å². The molecule has 1 aliphatic rings. The molecule has 2 N–H and O–H groups in total. The van der Waals surface area contributed by atoms with Gasteiger partial charge in [-0.2, -0.15) is 12.6 Å². The van der Waals surface area contributed by atoms with E-state index in [1.165, 1.54) is 5.56 Å². The fourth-order valence-electron chi connectivity index (χ4n) is 3.66. The van der Waals surface area contributed by atoms with Crippen molar-refractivity contribution in [2.75, 3.05) is 5.75 Å². The topological polar surface area (TPSA) is 79.3 Å². The lowest BCUT2D eigenvalue weighted by atomic mass is 9.87. The highest BCUT2D eigenvalue weighted by atomic mass is 79.9. The number of hydrogen-bond acceptors (Lipinski definition) is 4. The van der Waals surface area contributed by atoms with Crippen LogP contribution in [0.4, 0.5) is 0 Å². The summed E-state index contributed by atoms with van der Waals surface area (Å²) >= 11 is 7.87. The van der Waals surface area contributed by atoms with Crippen molar-refractivity contribution < 1.29 is 14.7 Å². The number of aliphatic carboxylic acids is 1. The molecule has 1 aliphatic carbocycles. The third-order valence-electron chi connectivity index (χ3n) is 5.03. The fraction of sp³-hybridized carbons (Fsp3) is 0.350. The van der Waals surface area contributed by atoms with Gasteiger partial charge in [-0.3, -0.25) is 9.78 Å².